The molecule has 3 aromatic rings. The highest BCUT2D eigenvalue weighted by Crippen LogP contribution is 2.33. The molecule has 0 fully saturated rings. The lowest BCUT2D eigenvalue weighted by Crippen LogP contribution is -2.00. The van der Waals surface area contributed by atoms with E-state index in [1.807, 2.05) is 0 Å². The normalized spacial score (nSPS) is 10.8. The second kappa shape index (κ2) is 4.30. The summed E-state index contributed by atoms with van der Waals surface area (Å²) in [5.74, 6) is -2.35. The Balaban J connectivity index is 2.22. The number of carboxylic acids is 1. The topological polar surface area (TPSA) is 96.5 Å². The van der Waals surface area contributed by atoms with Crippen molar-refractivity contribution in [2.45, 2.75) is 0 Å². The van der Waals surface area contributed by atoms with E-state index in [0.717, 1.165) is 0 Å². The van der Waals surface area contributed by atoms with Crippen molar-refractivity contribution in [3.05, 3.63) is 42.0 Å². The summed E-state index contributed by atoms with van der Waals surface area (Å²) in [6.07, 6.45) is 1.24. The summed E-state index contributed by atoms with van der Waals surface area (Å²) < 4.78 is 17.8. The summed E-state index contributed by atoms with van der Waals surface area (Å²) in [7, 11) is 0. The third kappa shape index (κ3) is 1.76. The van der Waals surface area contributed by atoms with Crippen molar-refractivity contribution < 1.29 is 23.9 Å². The van der Waals surface area contributed by atoms with Crippen LogP contribution in [0.15, 0.2) is 35.0 Å². The molecule has 100 valence electrons. The van der Waals surface area contributed by atoms with E-state index in [2.05, 4.69) is 10.1 Å². The van der Waals surface area contributed by atoms with Gasteiger partial charge in [-0.15, -0.1) is 0 Å². The molecule has 0 aliphatic carbocycles. The van der Waals surface area contributed by atoms with E-state index in [0.29, 0.717) is 16.6 Å². The molecule has 0 saturated heterocycles. The molecule has 0 amide bonds. The minimum Gasteiger partial charge on any atom is -0.502 e. The van der Waals surface area contributed by atoms with Gasteiger partial charge in [0.25, 0.3) is 0 Å². The van der Waals surface area contributed by atoms with Gasteiger partial charge in [-0.1, -0.05) is 5.16 Å². The van der Waals surface area contributed by atoms with Gasteiger partial charge in [0.2, 0.25) is 5.58 Å². The maximum atomic E-state index is 12.9. The lowest BCUT2D eigenvalue weighted by molar-refractivity contribution is 0.0687. The number of pyridine rings is 1. The summed E-state index contributed by atoms with van der Waals surface area (Å²) in [6, 6.07) is 5.51. The van der Waals surface area contributed by atoms with Gasteiger partial charge in [0, 0.05) is 11.8 Å². The Morgan fingerprint density at radius 3 is 2.60 bits per heavy atom. The van der Waals surface area contributed by atoms with E-state index >= 15 is 0 Å². The highest BCUT2D eigenvalue weighted by molar-refractivity contribution is 6.00. The second-order valence-electron chi connectivity index (χ2n) is 4.04. The molecule has 3 rings (SSSR count). The summed E-state index contributed by atoms with van der Waals surface area (Å²) in [6.45, 7) is 0. The monoisotopic (exact) mass is 274 g/mol. The number of rotatable bonds is 2. The first kappa shape index (κ1) is 12.1. The van der Waals surface area contributed by atoms with E-state index in [1.54, 1.807) is 0 Å². The lowest BCUT2D eigenvalue weighted by Gasteiger charge is -1.99. The van der Waals surface area contributed by atoms with Crippen LogP contribution in [0.5, 0.6) is 5.75 Å². The third-order valence-electron chi connectivity index (χ3n) is 2.81. The largest absolute Gasteiger partial charge is 0.502 e. The summed E-state index contributed by atoms with van der Waals surface area (Å²) in [5, 5.41) is 22.8. The minimum atomic E-state index is -1.37. The number of nitrogens with zero attached hydrogens (tertiary/aromatic N) is 2. The number of aromatic carboxylic acids is 1. The van der Waals surface area contributed by atoms with Crippen LogP contribution >= 0.6 is 0 Å². The molecule has 2 N–H and O–H groups in total. The Morgan fingerprint density at radius 1 is 1.25 bits per heavy atom. The van der Waals surface area contributed by atoms with E-state index in [4.69, 9.17) is 9.63 Å². The first-order valence-electron chi connectivity index (χ1n) is 5.54. The number of carboxylic acid groups (broad SMARTS) is 1. The van der Waals surface area contributed by atoms with Crippen molar-refractivity contribution in [1.29, 1.82) is 0 Å². The molecule has 0 spiro atoms. The van der Waals surface area contributed by atoms with Gasteiger partial charge in [-0.05, 0) is 24.3 Å². The fourth-order valence-electron chi connectivity index (χ4n) is 1.86. The number of hydrogen-bond donors (Lipinski definition) is 2. The molecule has 1 aromatic carbocycles. The van der Waals surface area contributed by atoms with Crippen LogP contribution in [-0.2, 0) is 0 Å². The van der Waals surface area contributed by atoms with Crippen LogP contribution in [0, 0.1) is 5.82 Å². The molecule has 0 atom stereocenters. The van der Waals surface area contributed by atoms with E-state index < -0.39 is 23.2 Å². The number of carbonyl (C=O) groups is 1. The van der Waals surface area contributed by atoms with Crippen molar-refractivity contribution in [3.8, 4) is 17.0 Å². The number of benzene rings is 1. The highest BCUT2D eigenvalue weighted by Gasteiger charge is 2.20. The fourth-order valence-corrected chi connectivity index (χ4v) is 1.86. The molecule has 2 aromatic heterocycles. The number of fused-ring (bicyclic) bond motifs is 1. The zero-order chi connectivity index (χ0) is 14.3. The molecule has 20 heavy (non-hydrogen) atoms. The van der Waals surface area contributed by atoms with Crippen LogP contribution in [0.3, 0.4) is 0 Å². The SMILES string of the molecule is O=C(O)c1ncc2c(-c3ccc(F)cc3)noc2c1O. The average molecular weight is 274 g/mol. The third-order valence-corrected chi connectivity index (χ3v) is 2.81. The van der Waals surface area contributed by atoms with Crippen LogP contribution in [0.2, 0.25) is 0 Å². The number of aromatic hydroxyl groups is 1. The Kier molecular flexibility index (Phi) is 2.60. The molecule has 0 saturated carbocycles. The number of aromatic nitrogens is 2. The summed E-state index contributed by atoms with van der Waals surface area (Å²) in [4.78, 5) is 14.5. The Bertz CT molecular complexity index is 811. The average Bonchev–Trinajstić information content (AvgIpc) is 2.84. The van der Waals surface area contributed by atoms with Crippen LogP contribution in [0.25, 0.3) is 22.2 Å². The standard InChI is InChI=1S/C13H7FN2O4/c14-7-3-1-6(2-4-7)9-8-5-15-10(13(18)19)11(17)12(8)20-16-9/h1-5,17H,(H,18,19). The predicted octanol–water partition coefficient (Wildman–Crippen LogP) is 2.43. The Hall–Kier alpha value is -2.96. The van der Waals surface area contributed by atoms with Gasteiger partial charge in [0.1, 0.15) is 11.5 Å². The second-order valence-corrected chi connectivity index (χ2v) is 4.04. The number of halogens is 1. The Morgan fingerprint density at radius 2 is 1.95 bits per heavy atom. The minimum absolute atomic E-state index is 0.0725. The first-order chi connectivity index (χ1) is 9.58. The maximum Gasteiger partial charge on any atom is 0.358 e. The molecule has 0 radical (unpaired) electrons. The smallest absolute Gasteiger partial charge is 0.358 e. The Labute approximate surface area is 111 Å². The molecule has 0 aliphatic heterocycles. The van der Waals surface area contributed by atoms with Gasteiger partial charge in [-0.3, -0.25) is 0 Å². The van der Waals surface area contributed by atoms with Crippen molar-refractivity contribution in [3.63, 3.8) is 0 Å². The highest BCUT2D eigenvalue weighted by atomic mass is 19.1. The van der Waals surface area contributed by atoms with Crippen molar-refractivity contribution >= 4 is 16.9 Å². The van der Waals surface area contributed by atoms with E-state index in [1.165, 1.54) is 30.5 Å². The molecule has 0 aliphatic rings. The predicted molar refractivity (Wildman–Crippen MR) is 65.8 cm³/mol. The van der Waals surface area contributed by atoms with Gasteiger partial charge in [-0.25, -0.2) is 14.2 Å². The zero-order valence-electron chi connectivity index (χ0n) is 9.87. The zero-order valence-corrected chi connectivity index (χ0v) is 9.87. The van der Waals surface area contributed by atoms with Gasteiger partial charge in [0.05, 0.1) is 5.39 Å². The first-order valence-corrected chi connectivity index (χ1v) is 5.54. The summed E-state index contributed by atoms with van der Waals surface area (Å²) >= 11 is 0. The number of hydrogen-bond acceptors (Lipinski definition) is 5. The fraction of sp³-hybridized carbons (Fsp3) is 0. The summed E-state index contributed by atoms with van der Waals surface area (Å²) in [5.41, 5.74) is 0.324. The van der Waals surface area contributed by atoms with Crippen molar-refractivity contribution in [2.75, 3.05) is 0 Å². The van der Waals surface area contributed by atoms with E-state index in [-0.39, 0.29) is 5.58 Å². The molecular weight excluding hydrogens is 267 g/mol. The molecule has 6 nitrogen and oxygen atoms in total. The maximum absolute atomic E-state index is 12.9. The van der Waals surface area contributed by atoms with Gasteiger partial charge >= 0.3 is 5.97 Å². The van der Waals surface area contributed by atoms with Crippen LogP contribution in [0.4, 0.5) is 4.39 Å². The quantitative estimate of drug-likeness (QED) is 0.745. The van der Waals surface area contributed by atoms with Gasteiger partial charge in [-0.2, -0.15) is 0 Å². The molecular formula is C13H7FN2O4. The molecule has 0 unspecified atom stereocenters. The van der Waals surface area contributed by atoms with Gasteiger partial charge < -0.3 is 14.7 Å². The molecule has 7 heteroatoms. The van der Waals surface area contributed by atoms with Crippen LogP contribution in [0.1, 0.15) is 10.5 Å². The van der Waals surface area contributed by atoms with Gasteiger partial charge in [0.15, 0.2) is 11.4 Å². The molecule has 0 bridgehead atoms. The van der Waals surface area contributed by atoms with Crippen LogP contribution in [-0.4, -0.2) is 26.3 Å². The van der Waals surface area contributed by atoms with Crippen molar-refractivity contribution in [2.24, 2.45) is 0 Å². The van der Waals surface area contributed by atoms with Crippen LogP contribution < -0.4 is 0 Å². The molecule has 2 heterocycles. The van der Waals surface area contributed by atoms with Crippen molar-refractivity contribution in [1.82, 2.24) is 10.1 Å². The van der Waals surface area contributed by atoms with E-state index in [9.17, 15) is 14.3 Å². The lowest BCUT2D eigenvalue weighted by atomic mass is 10.1.